The number of thiophene rings is 1. The summed E-state index contributed by atoms with van der Waals surface area (Å²) in [5, 5.41) is 14.7. The Morgan fingerprint density at radius 2 is 2.05 bits per heavy atom. The molecule has 2 heterocycles. The van der Waals surface area contributed by atoms with Gasteiger partial charge < -0.3 is 4.52 Å². The lowest BCUT2D eigenvalue weighted by Crippen LogP contribution is -1.84. The molecule has 0 unspecified atom stereocenters. The molecule has 1 aromatic carbocycles. The molecule has 104 valence electrons. The van der Waals surface area contributed by atoms with E-state index in [1.807, 2.05) is 41.8 Å². The van der Waals surface area contributed by atoms with Crippen molar-refractivity contribution in [2.45, 2.75) is 11.5 Å². The fraction of sp³-hybridized carbons (Fsp3) is 0.133. The van der Waals surface area contributed by atoms with E-state index in [4.69, 9.17) is 9.78 Å². The molecule has 0 fully saturated rings. The van der Waals surface area contributed by atoms with Crippen molar-refractivity contribution in [3.8, 4) is 16.8 Å². The van der Waals surface area contributed by atoms with Gasteiger partial charge in [-0.2, -0.15) is 10.2 Å². The molecule has 0 aliphatic rings. The van der Waals surface area contributed by atoms with Crippen molar-refractivity contribution in [2.24, 2.45) is 0 Å². The third kappa shape index (κ3) is 3.51. The van der Waals surface area contributed by atoms with Gasteiger partial charge in [-0.3, -0.25) is 0 Å². The van der Waals surface area contributed by atoms with Crippen LogP contribution in [0.5, 0.6) is 0 Å². The minimum atomic E-state index is 0.636. The van der Waals surface area contributed by atoms with Gasteiger partial charge in [0.25, 0.3) is 0 Å². The van der Waals surface area contributed by atoms with Crippen LogP contribution in [0, 0.1) is 11.3 Å². The fourth-order valence-corrected chi connectivity index (χ4v) is 3.22. The number of nitrogens with zero attached hydrogens (tertiary/aromatic N) is 3. The molecular weight excluding hydrogens is 302 g/mol. The predicted octanol–water partition coefficient (Wildman–Crippen LogP) is 4.10. The van der Waals surface area contributed by atoms with Gasteiger partial charge in [-0.05, 0) is 29.1 Å². The van der Waals surface area contributed by atoms with Gasteiger partial charge in [-0.1, -0.05) is 23.4 Å². The van der Waals surface area contributed by atoms with Crippen molar-refractivity contribution in [3.05, 3.63) is 58.8 Å². The quantitative estimate of drug-likeness (QED) is 0.709. The molecule has 3 rings (SSSR count). The molecule has 0 atom stereocenters. The van der Waals surface area contributed by atoms with Crippen LogP contribution in [0.2, 0.25) is 0 Å². The zero-order chi connectivity index (χ0) is 14.5. The first kappa shape index (κ1) is 13.9. The highest BCUT2D eigenvalue weighted by Gasteiger charge is 2.09. The first-order chi connectivity index (χ1) is 10.3. The average Bonchev–Trinajstić information content (AvgIpc) is 3.19. The maximum Gasteiger partial charge on any atom is 0.236 e. The Morgan fingerprint density at radius 1 is 1.19 bits per heavy atom. The van der Waals surface area contributed by atoms with Crippen LogP contribution in [0.25, 0.3) is 10.7 Å². The van der Waals surface area contributed by atoms with Crippen LogP contribution in [0.3, 0.4) is 0 Å². The molecule has 6 heteroatoms. The molecule has 0 amide bonds. The van der Waals surface area contributed by atoms with E-state index in [2.05, 4.69) is 16.2 Å². The Balaban J connectivity index is 1.54. The summed E-state index contributed by atoms with van der Waals surface area (Å²) in [6, 6.07) is 13.7. The molecule has 0 radical (unpaired) electrons. The van der Waals surface area contributed by atoms with Gasteiger partial charge in [0, 0.05) is 5.75 Å². The summed E-state index contributed by atoms with van der Waals surface area (Å²) >= 11 is 3.30. The van der Waals surface area contributed by atoms with Crippen LogP contribution in [-0.4, -0.2) is 10.1 Å². The van der Waals surface area contributed by atoms with Crippen molar-refractivity contribution in [2.75, 3.05) is 0 Å². The first-order valence-electron chi connectivity index (χ1n) is 6.28. The number of nitriles is 1. The summed E-state index contributed by atoms with van der Waals surface area (Å²) in [5.41, 5.74) is 1.86. The summed E-state index contributed by atoms with van der Waals surface area (Å²) < 4.78 is 5.24. The molecule has 0 spiro atoms. The van der Waals surface area contributed by atoms with Crippen LogP contribution < -0.4 is 0 Å². The Hall–Kier alpha value is -2.10. The predicted molar refractivity (Wildman–Crippen MR) is 83.8 cm³/mol. The number of aromatic nitrogens is 2. The van der Waals surface area contributed by atoms with Gasteiger partial charge in [0.05, 0.1) is 22.3 Å². The summed E-state index contributed by atoms with van der Waals surface area (Å²) in [4.78, 5) is 5.40. The summed E-state index contributed by atoms with van der Waals surface area (Å²) in [6.45, 7) is 0. The standard InChI is InChI=1S/C15H11N3OS2/c16-8-11-3-5-12(6-4-11)9-20-10-14-17-15(18-19-14)13-2-1-7-21-13/h1-7H,9-10H2. The maximum absolute atomic E-state index is 8.75. The summed E-state index contributed by atoms with van der Waals surface area (Å²) in [5.74, 6) is 2.82. The zero-order valence-corrected chi connectivity index (χ0v) is 12.7. The molecule has 0 aliphatic heterocycles. The lowest BCUT2D eigenvalue weighted by atomic mass is 10.2. The molecule has 4 nitrogen and oxygen atoms in total. The van der Waals surface area contributed by atoms with Crippen LogP contribution in [0.15, 0.2) is 46.3 Å². The van der Waals surface area contributed by atoms with Gasteiger partial charge in [-0.15, -0.1) is 23.1 Å². The van der Waals surface area contributed by atoms with E-state index in [9.17, 15) is 0 Å². The summed E-state index contributed by atoms with van der Waals surface area (Å²) in [6.07, 6.45) is 0. The van der Waals surface area contributed by atoms with Crippen molar-refractivity contribution in [1.82, 2.24) is 10.1 Å². The minimum Gasteiger partial charge on any atom is -0.338 e. The number of hydrogen-bond donors (Lipinski definition) is 0. The van der Waals surface area contributed by atoms with Crippen molar-refractivity contribution >= 4 is 23.1 Å². The normalized spacial score (nSPS) is 10.4. The number of benzene rings is 1. The van der Waals surface area contributed by atoms with Gasteiger partial charge >= 0.3 is 0 Å². The smallest absolute Gasteiger partial charge is 0.236 e. The van der Waals surface area contributed by atoms with Gasteiger partial charge in [-0.25, -0.2) is 0 Å². The fourth-order valence-electron chi connectivity index (χ4n) is 1.75. The van der Waals surface area contributed by atoms with E-state index in [1.165, 1.54) is 5.56 Å². The van der Waals surface area contributed by atoms with Crippen LogP contribution >= 0.6 is 23.1 Å². The van der Waals surface area contributed by atoms with Gasteiger partial charge in [0.15, 0.2) is 0 Å². The second kappa shape index (κ2) is 6.57. The molecule has 3 aromatic rings. The molecule has 0 saturated heterocycles. The second-order valence-corrected chi connectivity index (χ2v) is 6.22. The van der Waals surface area contributed by atoms with E-state index in [0.29, 0.717) is 23.0 Å². The van der Waals surface area contributed by atoms with Gasteiger partial charge in [0.1, 0.15) is 0 Å². The highest BCUT2D eigenvalue weighted by molar-refractivity contribution is 7.97. The lowest BCUT2D eigenvalue weighted by molar-refractivity contribution is 0.392. The van der Waals surface area contributed by atoms with E-state index < -0.39 is 0 Å². The maximum atomic E-state index is 8.75. The van der Waals surface area contributed by atoms with Crippen LogP contribution in [0.1, 0.15) is 17.0 Å². The molecular formula is C15H11N3OS2. The van der Waals surface area contributed by atoms with Gasteiger partial charge in [0.2, 0.25) is 11.7 Å². The average molecular weight is 313 g/mol. The first-order valence-corrected chi connectivity index (χ1v) is 8.32. The second-order valence-electron chi connectivity index (χ2n) is 4.29. The third-order valence-electron chi connectivity index (χ3n) is 2.79. The zero-order valence-electron chi connectivity index (χ0n) is 11.0. The third-order valence-corrected chi connectivity index (χ3v) is 4.64. The van der Waals surface area contributed by atoms with Crippen molar-refractivity contribution in [1.29, 1.82) is 5.26 Å². The molecule has 0 N–H and O–H groups in total. The SMILES string of the molecule is N#Cc1ccc(CSCc2nc(-c3cccs3)no2)cc1. The largest absolute Gasteiger partial charge is 0.338 e. The monoisotopic (exact) mass is 313 g/mol. The highest BCUT2D eigenvalue weighted by Crippen LogP contribution is 2.23. The molecule has 2 aromatic heterocycles. The van der Waals surface area contributed by atoms with E-state index in [1.54, 1.807) is 23.1 Å². The van der Waals surface area contributed by atoms with Crippen LogP contribution in [0.4, 0.5) is 0 Å². The number of thioether (sulfide) groups is 1. The number of hydrogen-bond acceptors (Lipinski definition) is 6. The molecule has 0 saturated carbocycles. The summed E-state index contributed by atoms with van der Waals surface area (Å²) in [7, 11) is 0. The highest BCUT2D eigenvalue weighted by atomic mass is 32.2. The van der Waals surface area contributed by atoms with E-state index in [-0.39, 0.29) is 0 Å². The molecule has 0 bridgehead atoms. The van der Waals surface area contributed by atoms with E-state index in [0.717, 1.165) is 10.6 Å². The number of rotatable bonds is 5. The van der Waals surface area contributed by atoms with Crippen LogP contribution in [-0.2, 0) is 11.5 Å². The van der Waals surface area contributed by atoms with Crippen molar-refractivity contribution < 1.29 is 4.52 Å². The Kier molecular flexibility index (Phi) is 4.34. The topological polar surface area (TPSA) is 62.7 Å². The molecule has 21 heavy (non-hydrogen) atoms. The Morgan fingerprint density at radius 3 is 2.76 bits per heavy atom. The lowest BCUT2D eigenvalue weighted by Gasteiger charge is -1.99. The van der Waals surface area contributed by atoms with Crippen molar-refractivity contribution in [3.63, 3.8) is 0 Å². The Bertz CT molecular complexity index is 742. The van der Waals surface area contributed by atoms with E-state index >= 15 is 0 Å². The minimum absolute atomic E-state index is 0.636. The Labute approximate surface area is 130 Å². The molecule has 0 aliphatic carbocycles.